The molecule has 8 heteroatoms. The molecule has 0 spiro atoms. The van der Waals surface area contributed by atoms with Gasteiger partial charge in [0, 0.05) is 24.6 Å². The number of nitrogens with one attached hydrogen (secondary N) is 1. The molecule has 2 unspecified atom stereocenters. The maximum absolute atomic E-state index is 12.5. The molecule has 3 aromatic rings. The fraction of sp³-hybridized carbons (Fsp3) is 0.273. The van der Waals surface area contributed by atoms with Gasteiger partial charge in [-0.1, -0.05) is 47.2 Å². The van der Waals surface area contributed by atoms with E-state index in [0.29, 0.717) is 23.8 Å². The fourth-order valence-electron chi connectivity index (χ4n) is 3.26. The number of anilines is 2. The van der Waals surface area contributed by atoms with Gasteiger partial charge in [0.05, 0.1) is 0 Å². The molecule has 1 aliphatic rings. The van der Waals surface area contributed by atoms with Crippen molar-refractivity contribution in [3.05, 3.63) is 65.2 Å². The first-order valence-corrected chi connectivity index (χ1v) is 10.5. The number of aryl methyl sites for hydroxylation is 1. The van der Waals surface area contributed by atoms with Gasteiger partial charge in [0.15, 0.2) is 6.10 Å². The monoisotopic (exact) mass is 422 g/mol. The minimum atomic E-state index is -0.676. The Hall–Kier alpha value is -3.26. The summed E-state index contributed by atoms with van der Waals surface area (Å²) < 4.78 is 5.63. The van der Waals surface area contributed by atoms with Gasteiger partial charge in [-0.25, -0.2) is 0 Å². The van der Waals surface area contributed by atoms with E-state index in [-0.39, 0.29) is 17.7 Å². The molecule has 0 saturated carbocycles. The van der Waals surface area contributed by atoms with Gasteiger partial charge in [-0.05, 0) is 38.1 Å². The largest absolute Gasteiger partial charge is 0.481 e. The third kappa shape index (κ3) is 4.49. The van der Waals surface area contributed by atoms with Crippen LogP contribution in [0.1, 0.15) is 29.8 Å². The fourth-order valence-corrected chi connectivity index (χ4v) is 4.10. The highest BCUT2D eigenvalue weighted by molar-refractivity contribution is 7.15. The predicted molar refractivity (Wildman–Crippen MR) is 116 cm³/mol. The van der Waals surface area contributed by atoms with Gasteiger partial charge >= 0.3 is 0 Å². The van der Waals surface area contributed by atoms with Crippen LogP contribution in [0.25, 0.3) is 0 Å². The Morgan fingerprint density at radius 2 is 1.90 bits per heavy atom. The number of amides is 2. The van der Waals surface area contributed by atoms with Gasteiger partial charge in [0.25, 0.3) is 5.91 Å². The van der Waals surface area contributed by atoms with E-state index in [4.69, 9.17) is 4.74 Å². The first kappa shape index (κ1) is 20.0. The second kappa shape index (κ2) is 8.62. The van der Waals surface area contributed by atoms with Crippen LogP contribution in [0.3, 0.4) is 0 Å². The normalized spacial score (nSPS) is 17.1. The summed E-state index contributed by atoms with van der Waals surface area (Å²) >= 11 is 1.30. The Kier molecular flexibility index (Phi) is 5.76. The molecule has 2 atom stereocenters. The maximum atomic E-state index is 12.5. The molecule has 1 N–H and O–H groups in total. The molecule has 30 heavy (non-hydrogen) atoms. The minimum Gasteiger partial charge on any atom is -0.481 e. The van der Waals surface area contributed by atoms with Crippen LogP contribution in [-0.2, 0) is 9.59 Å². The van der Waals surface area contributed by atoms with Gasteiger partial charge in [-0.15, -0.1) is 10.2 Å². The number of nitrogens with zero attached hydrogens (tertiary/aromatic N) is 3. The van der Waals surface area contributed by atoms with Gasteiger partial charge in [0.1, 0.15) is 10.8 Å². The summed E-state index contributed by atoms with van der Waals surface area (Å²) in [5.41, 5.74) is 2.04. The number of carbonyl (C=O) groups is 2. The molecule has 1 fully saturated rings. The zero-order valence-corrected chi connectivity index (χ0v) is 17.6. The minimum absolute atomic E-state index is 0.0417. The number of hydrogen-bond acceptors (Lipinski definition) is 6. The smallest absolute Gasteiger partial charge is 0.266 e. The molecular weight excluding hydrogens is 400 g/mol. The number of rotatable bonds is 6. The lowest BCUT2D eigenvalue weighted by atomic mass is 10.1. The lowest BCUT2D eigenvalue weighted by Crippen LogP contribution is -2.30. The zero-order chi connectivity index (χ0) is 21.1. The molecule has 0 aliphatic carbocycles. The van der Waals surface area contributed by atoms with Crippen molar-refractivity contribution in [3.8, 4) is 5.75 Å². The van der Waals surface area contributed by atoms with Crippen molar-refractivity contribution < 1.29 is 14.3 Å². The van der Waals surface area contributed by atoms with Crippen LogP contribution < -0.4 is 15.0 Å². The summed E-state index contributed by atoms with van der Waals surface area (Å²) in [5.74, 6) is 0.346. The molecular formula is C22H22N4O3S. The average Bonchev–Trinajstić information content (AvgIpc) is 3.36. The summed E-state index contributed by atoms with van der Waals surface area (Å²) in [7, 11) is 0. The Bertz CT molecular complexity index is 1040. The van der Waals surface area contributed by atoms with E-state index in [1.165, 1.54) is 11.3 Å². The number of benzene rings is 2. The van der Waals surface area contributed by atoms with E-state index in [9.17, 15) is 9.59 Å². The highest BCUT2D eigenvalue weighted by atomic mass is 32.1. The summed E-state index contributed by atoms with van der Waals surface area (Å²) in [6.45, 7) is 4.25. The first-order valence-electron chi connectivity index (χ1n) is 9.72. The lowest BCUT2D eigenvalue weighted by molar-refractivity contribution is -0.122. The van der Waals surface area contributed by atoms with Crippen LogP contribution in [0.4, 0.5) is 10.8 Å². The number of hydrogen-bond donors (Lipinski definition) is 1. The van der Waals surface area contributed by atoms with E-state index >= 15 is 0 Å². The quantitative estimate of drug-likeness (QED) is 0.654. The lowest BCUT2D eigenvalue weighted by Gasteiger charge is -2.16. The predicted octanol–water partition coefficient (Wildman–Crippen LogP) is 3.77. The molecule has 2 amide bonds. The second-order valence-electron chi connectivity index (χ2n) is 7.25. The van der Waals surface area contributed by atoms with Crippen molar-refractivity contribution in [2.45, 2.75) is 32.3 Å². The number of aromatic nitrogens is 2. The maximum Gasteiger partial charge on any atom is 0.266 e. The highest BCUT2D eigenvalue weighted by Gasteiger charge is 2.34. The molecule has 1 aliphatic heterocycles. The Labute approximate surface area is 178 Å². The van der Waals surface area contributed by atoms with E-state index in [2.05, 4.69) is 15.5 Å². The van der Waals surface area contributed by atoms with Crippen LogP contribution in [-0.4, -0.2) is 34.7 Å². The molecule has 0 bridgehead atoms. The zero-order valence-electron chi connectivity index (χ0n) is 16.7. The average molecular weight is 423 g/mol. The van der Waals surface area contributed by atoms with Crippen LogP contribution in [0.15, 0.2) is 54.6 Å². The van der Waals surface area contributed by atoms with E-state index in [1.807, 2.05) is 49.4 Å². The summed E-state index contributed by atoms with van der Waals surface area (Å²) in [4.78, 5) is 26.7. The van der Waals surface area contributed by atoms with Crippen LogP contribution in [0, 0.1) is 6.92 Å². The second-order valence-corrected chi connectivity index (χ2v) is 8.26. The van der Waals surface area contributed by atoms with Gasteiger partial charge in [0.2, 0.25) is 11.0 Å². The van der Waals surface area contributed by atoms with Gasteiger partial charge in [-0.2, -0.15) is 0 Å². The molecule has 0 radical (unpaired) electrons. The summed E-state index contributed by atoms with van der Waals surface area (Å²) in [6, 6.07) is 17.1. The Balaban J connectivity index is 1.37. The standard InChI is InChI=1S/C22H22N4O3S/c1-14-8-10-17(11-9-14)26-13-16(12-19(26)27)21-24-25-22(30-21)23-20(28)15(2)29-18-6-4-3-5-7-18/h3-11,15-16H,12-13H2,1-2H3,(H,23,25,28). The molecule has 7 nitrogen and oxygen atoms in total. The van der Waals surface area contributed by atoms with Crippen molar-refractivity contribution in [2.75, 3.05) is 16.8 Å². The third-order valence-electron chi connectivity index (χ3n) is 4.92. The van der Waals surface area contributed by atoms with Crippen LogP contribution in [0.2, 0.25) is 0 Å². The van der Waals surface area contributed by atoms with E-state index in [1.54, 1.807) is 24.0 Å². The Morgan fingerprint density at radius 3 is 2.63 bits per heavy atom. The topological polar surface area (TPSA) is 84.4 Å². The molecule has 1 aromatic heterocycles. The van der Waals surface area contributed by atoms with Gasteiger partial charge < -0.3 is 9.64 Å². The summed E-state index contributed by atoms with van der Waals surface area (Å²) in [6.07, 6.45) is -0.297. The Morgan fingerprint density at radius 1 is 1.17 bits per heavy atom. The molecule has 2 heterocycles. The molecule has 1 saturated heterocycles. The molecule has 4 rings (SSSR count). The third-order valence-corrected chi connectivity index (χ3v) is 5.92. The van der Waals surface area contributed by atoms with E-state index in [0.717, 1.165) is 16.3 Å². The van der Waals surface area contributed by atoms with Crippen molar-refractivity contribution in [2.24, 2.45) is 0 Å². The van der Waals surface area contributed by atoms with Crippen molar-refractivity contribution in [1.82, 2.24) is 10.2 Å². The van der Waals surface area contributed by atoms with Crippen LogP contribution >= 0.6 is 11.3 Å². The molecule has 2 aromatic carbocycles. The first-order chi connectivity index (χ1) is 14.5. The SMILES string of the molecule is Cc1ccc(N2CC(c3nnc(NC(=O)C(C)Oc4ccccc4)s3)CC2=O)cc1. The van der Waals surface area contributed by atoms with Gasteiger partial charge in [-0.3, -0.25) is 14.9 Å². The van der Waals surface area contributed by atoms with Crippen molar-refractivity contribution in [1.29, 1.82) is 0 Å². The number of ether oxygens (including phenoxy) is 1. The highest BCUT2D eigenvalue weighted by Crippen LogP contribution is 2.34. The summed E-state index contributed by atoms with van der Waals surface area (Å²) in [5, 5.41) is 12.2. The molecule has 154 valence electrons. The number of carbonyl (C=O) groups excluding carboxylic acids is 2. The van der Waals surface area contributed by atoms with Crippen molar-refractivity contribution >= 4 is 34.0 Å². The number of para-hydroxylation sites is 1. The van der Waals surface area contributed by atoms with E-state index < -0.39 is 6.10 Å². The van der Waals surface area contributed by atoms with Crippen molar-refractivity contribution in [3.63, 3.8) is 0 Å². The van der Waals surface area contributed by atoms with Crippen LogP contribution in [0.5, 0.6) is 5.75 Å².